The number of amides is 1. The highest BCUT2D eigenvalue weighted by atomic mass is 35.5. The Balaban J connectivity index is 1.81. The first-order valence-corrected chi connectivity index (χ1v) is 12.0. The van der Waals surface area contributed by atoms with Gasteiger partial charge in [0.2, 0.25) is 15.9 Å². The molecule has 2 aromatic rings. The predicted molar refractivity (Wildman–Crippen MR) is 122 cm³/mol. The Morgan fingerprint density at radius 3 is 2.40 bits per heavy atom. The van der Waals surface area contributed by atoms with Crippen LogP contribution in [-0.4, -0.2) is 40.3 Å². The highest BCUT2D eigenvalue weighted by molar-refractivity contribution is 7.92. The lowest BCUT2D eigenvalue weighted by Crippen LogP contribution is -2.33. The summed E-state index contributed by atoms with van der Waals surface area (Å²) in [5.74, 6) is 0.637. The zero-order chi connectivity index (χ0) is 22.3. The van der Waals surface area contributed by atoms with Crippen LogP contribution in [0.5, 0.6) is 5.75 Å². The molecule has 1 N–H and O–H groups in total. The molecule has 6 nitrogen and oxygen atoms in total. The van der Waals surface area contributed by atoms with E-state index in [4.69, 9.17) is 16.3 Å². The molecular weight excluding hydrogens is 424 g/mol. The van der Waals surface area contributed by atoms with Crippen LogP contribution in [0.2, 0.25) is 5.02 Å². The Morgan fingerprint density at radius 2 is 1.77 bits per heavy atom. The second kappa shape index (κ2) is 10.7. The molecule has 0 unspecified atom stereocenters. The lowest BCUT2D eigenvalue weighted by Gasteiger charge is -2.24. The summed E-state index contributed by atoms with van der Waals surface area (Å²) in [6.45, 7) is 6.79. The second-order valence-corrected chi connectivity index (χ2v) is 9.73. The molecule has 1 amide bonds. The molecule has 0 bridgehead atoms. The van der Waals surface area contributed by atoms with Gasteiger partial charge in [0.25, 0.3) is 0 Å². The first-order valence-electron chi connectivity index (χ1n) is 9.78. The molecular formula is C22H29ClN2O4S. The van der Waals surface area contributed by atoms with Crippen LogP contribution in [0.25, 0.3) is 0 Å². The third-order valence-electron chi connectivity index (χ3n) is 4.49. The first-order chi connectivity index (χ1) is 14.1. The largest absolute Gasteiger partial charge is 0.492 e. The molecule has 30 heavy (non-hydrogen) atoms. The fraction of sp³-hybridized carbons (Fsp3) is 0.409. The Bertz CT molecular complexity index is 972. The lowest BCUT2D eigenvalue weighted by atomic mass is 10.1. The average Bonchev–Trinajstić information content (AvgIpc) is 2.63. The summed E-state index contributed by atoms with van der Waals surface area (Å²) < 4.78 is 31.4. The monoisotopic (exact) mass is 452 g/mol. The van der Waals surface area contributed by atoms with Crippen molar-refractivity contribution in [3.8, 4) is 5.75 Å². The molecule has 0 aromatic heterocycles. The van der Waals surface area contributed by atoms with Crippen LogP contribution in [0.15, 0.2) is 36.4 Å². The lowest BCUT2D eigenvalue weighted by molar-refractivity contribution is -0.121. The maximum absolute atomic E-state index is 12.2. The number of anilines is 1. The van der Waals surface area contributed by atoms with Crippen LogP contribution in [-0.2, 0) is 14.8 Å². The molecule has 0 heterocycles. The van der Waals surface area contributed by atoms with E-state index in [1.165, 1.54) is 4.31 Å². The highest BCUT2D eigenvalue weighted by Gasteiger charge is 2.19. The van der Waals surface area contributed by atoms with Crippen molar-refractivity contribution >= 4 is 33.2 Å². The van der Waals surface area contributed by atoms with Gasteiger partial charge in [0.05, 0.1) is 18.5 Å². The summed E-state index contributed by atoms with van der Waals surface area (Å²) >= 11 is 6.03. The third-order valence-corrected chi connectivity index (χ3v) is 5.91. The van der Waals surface area contributed by atoms with Crippen molar-refractivity contribution in [3.05, 3.63) is 58.1 Å². The Morgan fingerprint density at radius 1 is 1.10 bits per heavy atom. The minimum atomic E-state index is -3.49. The minimum absolute atomic E-state index is 0.143. The van der Waals surface area contributed by atoms with Crippen LogP contribution >= 0.6 is 11.6 Å². The first kappa shape index (κ1) is 24.0. The van der Waals surface area contributed by atoms with E-state index in [0.717, 1.165) is 28.7 Å². The number of nitrogens with zero attached hydrogens (tertiary/aromatic N) is 1. The minimum Gasteiger partial charge on any atom is -0.492 e. The third kappa shape index (κ3) is 7.54. The number of ether oxygens (including phenoxy) is 1. The number of sulfonamides is 1. The van der Waals surface area contributed by atoms with Gasteiger partial charge in [-0.05, 0) is 68.1 Å². The van der Waals surface area contributed by atoms with Crippen LogP contribution in [0.3, 0.4) is 0 Å². The SMILES string of the molecule is Cc1cc(C)cc(OCCNC(=O)CCCN(c2cc(Cl)ccc2C)S(C)(=O)=O)c1. The predicted octanol–water partition coefficient (Wildman–Crippen LogP) is 4.01. The topological polar surface area (TPSA) is 75.7 Å². The van der Waals surface area contributed by atoms with Gasteiger partial charge in [-0.1, -0.05) is 23.7 Å². The molecule has 0 spiro atoms. The molecule has 0 atom stereocenters. The summed E-state index contributed by atoms with van der Waals surface area (Å²) in [4.78, 5) is 12.1. The molecule has 0 aliphatic carbocycles. The van der Waals surface area contributed by atoms with E-state index < -0.39 is 10.0 Å². The Labute approximate surface area is 184 Å². The maximum Gasteiger partial charge on any atom is 0.232 e. The van der Waals surface area contributed by atoms with Crippen molar-refractivity contribution in [2.45, 2.75) is 33.6 Å². The van der Waals surface area contributed by atoms with Gasteiger partial charge in [0, 0.05) is 18.0 Å². The van der Waals surface area contributed by atoms with Crippen molar-refractivity contribution in [3.63, 3.8) is 0 Å². The van der Waals surface area contributed by atoms with E-state index in [1.807, 2.05) is 32.9 Å². The maximum atomic E-state index is 12.2. The van der Waals surface area contributed by atoms with Crippen molar-refractivity contribution in [2.24, 2.45) is 0 Å². The normalized spacial score (nSPS) is 11.2. The molecule has 8 heteroatoms. The fourth-order valence-electron chi connectivity index (χ4n) is 3.16. The van der Waals surface area contributed by atoms with E-state index >= 15 is 0 Å². The molecule has 0 aliphatic rings. The Hall–Kier alpha value is -2.25. The fourth-order valence-corrected chi connectivity index (χ4v) is 4.34. The molecule has 0 saturated heterocycles. The van der Waals surface area contributed by atoms with Gasteiger partial charge >= 0.3 is 0 Å². The molecule has 164 valence electrons. The van der Waals surface area contributed by atoms with Crippen molar-refractivity contribution in [1.82, 2.24) is 5.32 Å². The number of hydrogen-bond donors (Lipinski definition) is 1. The van der Waals surface area contributed by atoms with Crippen LogP contribution < -0.4 is 14.4 Å². The van der Waals surface area contributed by atoms with Crippen molar-refractivity contribution in [1.29, 1.82) is 0 Å². The number of carbonyl (C=O) groups is 1. The number of rotatable bonds is 10. The number of halogens is 1. The summed E-state index contributed by atoms with van der Waals surface area (Å²) in [6.07, 6.45) is 1.76. The zero-order valence-corrected chi connectivity index (χ0v) is 19.4. The number of aryl methyl sites for hydroxylation is 3. The van der Waals surface area contributed by atoms with Gasteiger partial charge < -0.3 is 10.1 Å². The van der Waals surface area contributed by atoms with Gasteiger partial charge in [0.1, 0.15) is 12.4 Å². The van der Waals surface area contributed by atoms with Crippen LogP contribution in [0.1, 0.15) is 29.5 Å². The van der Waals surface area contributed by atoms with E-state index in [2.05, 4.69) is 11.4 Å². The number of benzene rings is 2. The van der Waals surface area contributed by atoms with Crippen molar-refractivity contribution in [2.75, 3.05) is 30.3 Å². The summed E-state index contributed by atoms with van der Waals surface area (Å²) in [7, 11) is -3.49. The summed E-state index contributed by atoms with van der Waals surface area (Å²) in [5, 5.41) is 3.27. The quantitative estimate of drug-likeness (QED) is 0.552. The molecule has 0 saturated carbocycles. The molecule has 2 aromatic carbocycles. The van der Waals surface area contributed by atoms with E-state index in [0.29, 0.717) is 30.3 Å². The molecule has 2 rings (SSSR count). The van der Waals surface area contributed by atoms with Gasteiger partial charge in [-0.25, -0.2) is 8.42 Å². The number of carbonyl (C=O) groups excluding carboxylic acids is 1. The zero-order valence-electron chi connectivity index (χ0n) is 17.9. The van der Waals surface area contributed by atoms with Crippen LogP contribution in [0.4, 0.5) is 5.69 Å². The van der Waals surface area contributed by atoms with E-state index in [9.17, 15) is 13.2 Å². The Kier molecular flexibility index (Phi) is 8.55. The molecule has 0 radical (unpaired) electrons. The van der Waals surface area contributed by atoms with Gasteiger partial charge in [-0.2, -0.15) is 0 Å². The smallest absolute Gasteiger partial charge is 0.232 e. The van der Waals surface area contributed by atoms with Gasteiger partial charge in [-0.15, -0.1) is 0 Å². The van der Waals surface area contributed by atoms with Gasteiger partial charge in [-0.3, -0.25) is 9.10 Å². The number of hydrogen-bond acceptors (Lipinski definition) is 4. The van der Waals surface area contributed by atoms with Crippen molar-refractivity contribution < 1.29 is 17.9 Å². The standard InChI is InChI=1S/C22H29ClN2O4S/c1-16-12-17(2)14-20(13-16)29-11-9-24-22(26)6-5-10-25(30(4,27)28)21-15-19(23)8-7-18(21)3/h7-8,12-15H,5-6,9-11H2,1-4H3,(H,24,26). The second-order valence-electron chi connectivity index (χ2n) is 7.39. The highest BCUT2D eigenvalue weighted by Crippen LogP contribution is 2.26. The summed E-state index contributed by atoms with van der Waals surface area (Å²) in [6, 6.07) is 11.1. The molecule has 0 aliphatic heterocycles. The number of nitrogens with one attached hydrogen (secondary N) is 1. The average molecular weight is 453 g/mol. The summed E-state index contributed by atoms with van der Waals surface area (Å²) in [5.41, 5.74) is 3.59. The molecule has 0 fully saturated rings. The van der Waals surface area contributed by atoms with Gasteiger partial charge in [0.15, 0.2) is 0 Å². The van der Waals surface area contributed by atoms with Crippen LogP contribution in [0, 0.1) is 20.8 Å². The van der Waals surface area contributed by atoms with E-state index in [-0.39, 0.29) is 18.9 Å². The van der Waals surface area contributed by atoms with E-state index in [1.54, 1.807) is 18.2 Å².